The van der Waals surface area contributed by atoms with Crippen LogP contribution >= 0.6 is 0 Å². The highest BCUT2D eigenvalue weighted by Crippen LogP contribution is 2.29. The summed E-state index contributed by atoms with van der Waals surface area (Å²) in [6.45, 7) is 2.27. The van der Waals surface area contributed by atoms with E-state index >= 15 is 0 Å². The Hall–Kier alpha value is -0.0400. The number of ether oxygens (including phenoxy) is 1. The van der Waals surface area contributed by atoms with Crippen LogP contribution in [0.15, 0.2) is 0 Å². The van der Waals surface area contributed by atoms with Gasteiger partial charge in [0.25, 0.3) is 0 Å². The summed E-state index contributed by atoms with van der Waals surface area (Å²) in [5.74, 6) is 0.954. The molecule has 1 aliphatic rings. The van der Waals surface area contributed by atoms with Crippen LogP contribution in [-0.2, 0) is 4.74 Å². The van der Waals surface area contributed by atoms with E-state index in [2.05, 4.69) is 6.92 Å². The molecule has 1 heteroatoms. The smallest absolute Gasteiger partial charge is 0.0574 e. The average molecular weight is 128 g/mol. The molecular weight excluding hydrogens is 112 g/mol. The van der Waals surface area contributed by atoms with Gasteiger partial charge in [-0.05, 0) is 25.2 Å². The van der Waals surface area contributed by atoms with Crippen molar-refractivity contribution >= 4 is 0 Å². The Balaban J connectivity index is 2.20. The molecule has 0 spiro atoms. The molecule has 54 valence electrons. The lowest BCUT2D eigenvalue weighted by Gasteiger charge is -2.06. The van der Waals surface area contributed by atoms with Crippen molar-refractivity contribution in [2.24, 2.45) is 5.92 Å². The first-order valence-corrected chi connectivity index (χ1v) is 3.89. The topological polar surface area (TPSA) is 9.23 Å². The van der Waals surface area contributed by atoms with Crippen molar-refractivity contribution in [3.05, 3.63) is 0 Å². The Bertz CT molecular complexity index is 70.6. The molecule has 1 aliphatic carbocycles. The van der Waals surface area contributed by atoms with Gasteiger partial charge < -0.3 is 4.74 Å². The fraction of sp³-hybridized carbons (Fsp3) is 1.00. The highest BCUT2D eigenvalue weighted by atomic mass is 16.5. The summed E-state index contributed by atoms with van der Waals surface area (Å²) >= 11 is 0. The molecule has 0 bridgehead atoms. The van der Waals surface area contributed by atoms with E-state index in [1.165, 1.54) is 25.7 Å². The van der Waals surface area contributed by atoms with Gasteiger partial charge >= 0.3 is 0 Å². The van der Waals surface area contributed by atoms with Gasteiger partial charge in [0.2, 0.25) is 0 Å². The zero-order valence-corrected chi connectivity index (χ0v) is 6.39. The van der Waals surface area contributed by atoms with E-state index < -0.39 is 0 Å². The summed E-state index contributed by atoms with van der Waals surface area (Å²) in [6.07, 6.45) is 5.88. The largest absolute Gasteiger partial charge is 0.381 e. The van der Waals surface area contributed by atoms with E-state index in [1.807, 2.05) is 7.11 Å². The number of hydrogen-bond acceptors (Lipinski definition) is 1. The zero-order chi connectivity index (χ0) is 6.69. The fourth-order valence-electron chi connectivity index (χ4n) is 1.61. The molecule has 0 aromatic heterocycles. The maximum absolute atomic E-state index is 5.24. The molecule has 0 unspecified atom stereocenters. The van der Waals surface area contributed by atoms with Gasteiger partial charge in [0.15, 0.2) is 0 Å². The fourth-order valence-corrected chi connectivity index (χ4v) is 1.61. The monoisotopic (exact) mass is 128 g/mol. The maximum atomic E-state index is 5.24. The van der Waals surface area contributed by atoms with Crippen molar-refractivity contribution in [3.63, 3.8) is 0 Å². The van der Waals surface area contributed by atoms with Crippen molar-refractivity contribution in [3.8, 4) is 0 Å². The minimum absolute atomic E-state index is 0.579. The van der Waals surface area contributed by atoms with Crippen LogP contribution in [0.5, 0.6) is 0 Å². The molecule has 1 fully saturated rings. The second-order valence-corrected chi connectivity index (χ2v) is 2.95. The second-order valence-electron chi connectivity index (χ2n) is 2.95. The Kier molecular flexibility index (Phi) is 2.52. The van der Waals surface area contributed by atoms with Gasteiger partial charge in [0.05, 0.1) is 6.10 Å². The maximum Gasteiger partial charge on any atom is 0.0574 e. The summed E-state index contributed by atoms with van der Waals surface area (Å²) in [5, 5.41) is 0. The van der Waals surface area contributed by atoms with Crippen LogP contribution < -0.4 is 0 Å². The Morgan fingerprint density at radius 2 is 2.22 bits per heavy atom. The molecule has 0 aromatic rings. The quantitative estimate of drug-likeness (QED) is 0.554. The molecule has 1 saturated carbocycles. The molecule has 2 atom stereocenters. The van der Waals surface area contributed by atoms with Gasteiger partial charge in [-0.25, -0.2) is 0 Å². The highest BCUT2D eigenvalue weighted by molar-refractivity contribution is 4.74. The summed E-state index contributed by atoms with van der Waals surface area (Å²) in [5.41, 5.74) is 0. The van der Waals surface area contributed by atoms with E-state index in [-0.39, 0.29) is 0 Å². The van der Waals surface area contributed by atoms with E-state index in [0.717, 1.165) is 5.92 Å². The van der Waals surface area contributed by atoms with E-state index in [0.29, 0.717) is 6.10 Å². The van der Waals surface area contributed by atoms with E-state index in [9.17, 15) is 0 Å². The molecule has 1 rings (SSSR count). The molecule has 0 radical (unpaired) electrons. The Morgan fingerprint density at radius 1 is 1.44 bits per heavy atom. The lowest BCUT2D eigenvalue weighted by molar-refractivity contribution is 0.105. The third-order valence-corrected chi connectivity index (χ3v) is 2.40. The van der Waals surface area contributed by atoms with Crippen molar-refractivity contribution < 1.29 is 4.74 Å². The van der Waals surface area contributed by atoms with Crippen molar-refractivity contribution in [2.45, 2.75) is 38.7 Å². The molecule has 9 heavy (non-hydrogen) atoms. The molecule has 0 saturated heterocycles. The van der Waals surface area contributed by atoms with Crippen LogP contribution in [0.1, 0.15) is 32.6 Å². The van der Waals surface area contributed by atoms with Gasteiger partial charge in [-0.15, -0.1) is 0 Å². The molecule has 0 aromatic carbocycles. The number of methoxy groups -OCH3 is 1. The minimum Gasteiger partial charge on any atom is -0.381 e. The normalized spacial score (nSPS) is 35.3. The van der Waals surface area contributed by atoms with E-state index in [4.69, 9.17) is 4.74 Å². The third kappa shape index (κ3) is 1.68. The summed E-state index contributed by atoms with van der Waals surface area (Å²) < 4.78 is 5.24. The second kappa shape index (κ2) is 3.21. The lowest BCUT2D eigenvalue weighted by Crippen LogP contribution is -2.04. The first kappa shape index (κ1) is 7.07. The molecule has 0 amide bonds. The van der Waals surface area contributed by atoms with E-state index in [1.54, 1.807) is 0 Å². The summed E-state index contributed by atoms with van der Waals surface area (Å²) in [4.78, 5) is 0. The number of rotatable bonds is 2. The van der Waals surface area contributed by atoms with Crippen molar-refractivity contribution in [1.82, 2.24) is 0 Å². The van der Waals surface area contributed by atoms with Crippen LogP contribution in [-0.4, -0.2) is 13.2 Å². The van der Waals surface area contributed by atoms with Crippen LogP contribution in [0.3, 0.4) is 0 Å². The van der Waals surface area contributed by atoms with Crippen LogP contribution in [0.4, 0.5) is 0 Å². The Labute approximate surface area is 57.4 Å². The minimum atomic E-state index is 0.579. The van der Waals surface area contributed by atoms with Gasteiger partial charge in [-0.2, -0.15) is 0 Å². The van der Waals surface area contributed by atoms with Gasteiger partial charge in [-0.1, -0.05) is 13.3 Å². The average Bonchev–Trinajstić information content (AvgIpc) is 2.34. The van der Waals surface area contributed by atoms with Gasteiger partial charge in [0.1, 0.15) is 0 Å². The summed E-state index contributed by atoms with van der Waals surface area (Å²) in [7, 11) is 1.82. The summed E-state index contributed by atoms with van der Waals surface area (Å²) in [6, 6.07) is 0. The Morgan fingerprint density at radius 3 is 2.56 bits per heavy atom. The SMILES string of the molecule is CC[C@@H]1CC[C@H](OC)C1. The van der Waals surface area contributed by atoms with Gasteiger partial charge in [-0.3, -0.25) is 0 Å². The molecule has 1 nitrogen and oxygen atoms in total. The van der Waals surface area contributed by atoms with Gasteiger partial charge in [0, 0.05) is 7.11 Å². The first-order chi connectivity index (χ1) is 4.36. The molecular formula is C8H16O. The van der Waals surface area contributed by atoms with Crippen LogP contribution in [0.25, 0.3) is 0 Å². The van der Waals surface area contributed by atoms with Crippen molar-refractivity contribution in [1.29, 1.82) is 0 Å². The zero-order valence-electron chi connectivity index (χ0n) is 6.39. The van der Waals surface area contributed by atoms with Crippen LogP contribution in [0, 0.1) is 5.92 Å². The lowest BCUT2D eigenvalue weighted by atomic mass is 10.1. The molecule has 0 heterocycles. The molecule has 0 N–H and O–H groups in total. The predicted molar refractivity (Wildman–Crippen MR) is 38.4 cm³/mol. The van der Waals surface area contributed by atoms with Crippen LogP contribution in [0.2, 0.25) is 0 Å². The molecule has 0 aliphatic heterocycles. The highest BCUT2D eigenvalue weighted by Gasteiger charge is 2.22. The third-order valence-electron chi connectivity index (χ3n) is 2.40. The number of hydrogen-bond donors (Lipinski definition) is 0. The standard InChI is InChI=1S/C8H16O/c1-3-7-4-5-8(6-7)9-2/h7-8H,3-6H2,1-2H3/t7-,8+/m1/s1. The van der Waals surface area contributed by atoms with Crippen molar-refractivity contribution in [2.75, 3.05) is 7.11 Å². The first-order valence-electron chi connectivity index (χ1n) is 3.89. The predicted octanol–water partition coefficient (Wildman–Crippen LogP) is 2.21.